The Labute approximate surface area is 101 Å². The van der Waals surface area contributed by atoms with Gasteiger partial charge >= 0.3 is 0 Å². The molecule has 0 fully saturated rings. The first-order valence-electron chi connectivity index (χ1n) is 5.15. The van der Waals surface area contributed by atoms with Crippen molar-refractivity contribution in [2.24, 2.45) is 0 Å². The first-order chi connectivity index (χ1) is 8.78. The zero-order valence-electron chi connectivity index (χ0n) is 9.08. The number of fused-ring (bicyclic) bond motifs is 1. The first kappa shape index (κ1) is 10.4. The maximum Gasteiger partial charge on any atom is 0.186 e. The van der Waals surface area contributed by atoms with Crippen molar-refractivity contribution in [2.45, 2.75) is 0 Å². The average Bonchev–Trinajstić information content (AvgIpc) is 2.82. The van der Waals surface area contributed by atoms with Crippen LogP contribution in [0.2, 0.25) is 0 Å². The molecule has 86 valence electrons. The van der Waals surface area contributed by atoms with E-state index >= 15 is 0 Å². The molecule has 0 bridgehead atoms. The minimum atomic E-state index is -0.403. The van der Waals surface area contributed by atoms with Gasteiger partial charge in [-0.25, -0.2) is 9.37 Å². The van der Waals surface area contributed by atoms with Crippen LogP contribution in [0, 0.1) is 17.1 Å². The van der Waals surface area contributed by atoms with Gasteiger partial charge in [0.05, 0.1) is 17.8 Å². The summed E-state index contributed by atoms with van der Waals surface area (Å²) in [6, 6.07) is 8.15. The number of pyridine rings is 2. The Morgan fingerprint density at radius 2 is 2.11 bits per heavy atom. The molecule has 0 spiro atoms. The van der Waals surface area contributed by atoms with E-state index in [1.54, 1.807) is 22.7 Å². The van der Waals surface area contributed by atoms with Crippen molar-refractivity contribution in [3.63, 3.8) is 0 Å². The fourth-order valence-corrected chi connectivity index (χ4v) is 1.64. The number of hydrogen-bond acceptors (Lipinski definition) is 4. The molecule has 0 saturated carbocycles. The van der Waals surface area contributed by atoms with Crippen molar-refractivity contribution in [2.75, 3.05) is 0 Å². The Balaban J connectivity index is 2.19. The number of nitrogens with zero attached hydrogens (tertiary/aromatic N) is 5. The minimum absolute atomic E-state index is 0.403. The highest BCUT2D eigenvalue weighted by atomic mass is 19.1. The van der Waals surface area contributed by atoms with Crippen LogP contribution in [0.5, 0.6) is 0 Å². The third-order valence-electron chi connectivity index (χ3n) is 2.50. The van der Waals surface area contributed by atoms with Gasteiger partial charge in [-0.3, -0.25) is 4.40 Å². The number of rotatable bonds is 1. The Hall–Kier alpha value is -2.81. The molecule has 0 radical (unpaired) electrons. The predicted molar refractivity (Wildman–Crippen MR) is 60.9 cm³/mol. The molecule has 0 saturated heterocycles. The number of hydrogen-bond donors (Lipinski definition) is 0. The van der Waals surface area contributed by atoms with Crippen molar-refractivity contribution in [1.29, 1.82) is 5.26 Å². The molecule has 0 atom stereocenters. The van der Waals surface area contributed by atoms with E-state index in [-0.39, 0.29) is 0 Å². The summed E-state index contributed by atoms with van der Waals surface area (Å²) >= 11 is 0. The van der Waals surface area contributed by atoms with Gasteiger partial charge < -0.3 is 0 Å². The van der Waals surface area contributed by atoms with Gasteiger partial charge in [0.25, 0.3) is 0 Å². The van der Waals surface area contributed by atoms with Crippen LogP contribution in [0.4, 0.5) is 4.39 Å². The number of nitriles is 1. The van der Waals surface area contributed by atoms with Crippen LogP contribution in [0.25, 0.3) is 17.2 Å². The molecule has 3 heterocycles. The Morgan fingerprint density at radius 1 is 1.22 bits per heavy atom. The third-order valence-corrected chi connectivity index (χ3v) is 2.50. The van der Waals surface area contributed by atoms with Crippen molar-refractivity contribution in [3.05, 3.63) is 48.0 Å². The van der Waals surface area contributed by atoms with Gasteiger partial charge in [0, 0.05) is 12.3 Å². The van der Waals surface area contributed by atoms with Gasteiger partial charge in [-0.15, -0.1) is 10.2 Å². The lowest BCUT2D eigenvalue weighted by molar-refractivity contribution is 0.621. The summed E-state index contributed by atoms with van der Waals surface area (Å²) in [6.07, 6.45) is 2.81. The lowest BCUT2D eigenvalue weighted by Crippen LogP contribution is -1.92. The summed E-state index contributed by atoms with van der Waals surface area (Å²) in [4.78, 5) is 3.95. The smallest absolute Gasteiger partial charge is 0.186 e. The monoisotopic (exact) mass is 239 g/mol. The molecule has 0 aliphatic rings. The molecule has 3 aromatic heterocycles. The van der Waals surface area contributed by atoms with Gasteiger partial charge in [0.1, 0.15) is 11.5 Å². The van der Waals surface area contributed by atoms with Crippen molar-refractivity contribution in [1.82, 2.24) is 19.6 Å². The summed E-state index contributed by atoms with van der Waals surface area (Å²) in [6.45, 7) is 0. The van der Waals surface area contributed by atoms with E-state index in [1.165, 1.54) is 12.1 Å². The Morgan fingerprint density at radius 3 is 2.83 bits per heavy atom. The van der Waals surface area contributed by atoms with E-state index in [2.05, 4.69) is 15.2 Å². The summed E-state index contributed by atoms with van der Waals surface area (Å²) in [5.41, 5.74) is 1.58. The van der Waals surface area contributed by atoms with Crippen LogP contribution in [-0.4, -0.2) is 19.6 Å². The molecular weight excluding hydrogens is 233 g/mol. The van der Waals surface area contributed by atoms with Crippen LogP contribution in [0.1, 0.15) is 5.56 Å². The number of halogens is 1. The van der Waals surface area contributed by atoms with Crippen molar-refractivity contribution >= 4 is 5.65 Å². The van der Waals surface area contributed by atoms with E-state index in [1.807, 2.05) is 6.07 Å². The fraction of sp³-hybridized carbons (Fsp3) is 0. The molecule has 6 heteroatoms. The molecule has 0 aliphatic heterocycles. The van der Waals surface area contributed by atoms with Crippen LogP contribution < -0.4 is 0 Å². The predicted octanol–water partition coefficient (Wildman–Crippen LogP) is 1.80. The van der Waals surface area contributed by atoms with E-state index in [9.17, 15) is 4.39 Å². The maximum absolute atomic E-state index is 12.8. The van der Waals surface area contributed by atoms with E-state index in [0.29, 0.717) is 22.7 Å². The zero-order chi connectivity index (χ0) is 12.5. The minimum Gasteiger partial charge on any atom is -0.281 e. The van der Waals surface area contributed by atoms with Gasteiger partial charge in [-0.2, -0.15) is 5.26 Å². The first-order valence-corrected chi connectivity index (χ1v) is 5.15. The molecule has 0 aliphatic carbocycles. The van der Waals surface area contributed by atoms with E-state index in [4.69, 9.17) is 5.26 Å². The van der Waals surface area contributed by atoms with Crippen LogP contribution >= 0.6 is 0 Å². The second-order valence-electron chi connectivity index (χ2n) is 3.64. The standard InChI is InChI=1S/C12H6FN5/c13-9-1-2-10(15-7-9)12-17-16-11-5-8(6-14)3-4-18(11)12/h1-5,7H. The molecule has 0 aromatic carbocycles. The molecule has 5 nitrogen and oxygen atoms in total. The van der Waals surface area contributed by atoms with Crippen molar-refractivity contribution < 1.29 is 4.39 Å². The van der Waals surface area contributed by atoms with Crippen LogP contribution in [0.15, 0.2) is 36.7 Å². The third kappa shape index (κ3) is 1.58. The van der Waals surface area contributed by atoms with E-state index < -0.39 is 5.82 Å². The molecule has 18 heavy (non-hydrogen) atoms. The average molecular weight is 239 g/mol. The lowest BCUT2D eigenvalue weighted by atomic mass is 10.3. The highest BCUT2D eigenvalue weighted by Crippen LogP contribution is 2.16. The summed E-state index contributed by atoms with van der Waals surface area (Å²) < 4.78 is 14.5. The molecule has 3 rings (SSSR count). The summed E-state index contributed by atoms with van der Waals surface area (Å²) in [5, 5.41) is 16.7. The SMILES string of the molecule is N#Cc1ccn2c(-c3ccc(F)cn3)nnc2c1. The Kier molecular flexibility index (Phi) is 2.24. The normalized spacial score (nSPS) is 10.4. The highest BCUT2D eigenvalue weighted by molar-refractivity contribution is 5.56. The quantitative estimate of drug-likeness (QED) is 0.649. The van der Waals surface area contributed by atoms with Gasteiger partial charge in [-0.1, -0.05) is 0 Å². The van der Waals surface area contributed by atoms with Crippen LogP contribution in [-0.2, 0) is 0 Å². The molecule has 0 unspecified atom stereocenters. The molecule has 0 amide bonds. The maximum atomic E-state index is 12.8. The largest absolute Gasteiger partial charge is 0.281 e. The Bertz CT molecular complexity index is 754. The van der Waals surface area contributed by atoms with Crippen molar-refractivity contribution in [3.8, 4) is 17.6 Å². The summed E-state index contributed by atoms with van der Waals surface area (Å²) in [5.74, 6) is 0.105. The van der Waals surface area contributed by atoms with E-state index in [0.717, 1.165) is 6.20 Å². The highest BCUT2D eigenvalue weighted by Gasteiger charge is 2.09. The van der Waals surface area contributed by atoms with Gasteiger partial charge in [0.15, 0.2) is 11.5 Å². The summed E-state index contributed by atoms with van der Waals surface area (Å²) in [7, 11) is 0. The second kappa shape index (κ2) is 3.89. The van der Waals surface area contributed by atoms with Gasteiger partial charge in [-0.05, 0) is 18.2 Å². The lowest BCUT2D eigenvalue weighted by Gasteiger charge is -1.98. The second-order valence-corrected chi connectivity index (χ2v) is 3.64. The molecule has 3 aromatic rings. The topological polar surface area (TPSA) is 66.9 Å². The molecular formula is C12H6FN5. The van der Waals surface area contributed by atoms with Gasteiger partial charge in [0.2, 0.25) is 0 Å². The molecule has 0 N–H and O–H groups in total. The zero-order valence-corrected chi connectivity index (χ0v) is 9.08. The van der Waals surface area contributed by atoms with Crippen LogP contribution in [0.3, 0.4) is 0 Å². The number of aromatic nitrogens is 4. The fourth-order valence-electron chi connectivity index (χ4n) is 1.64.